The minimum atomic E-state index is -0.912. The molecule has 2 aliphatic heterocycles. The van der Waals surface area contributed by atoms with Crippen molar-refractivity contribution in [3.05, 3.63) is 82.9 Å². The number of methoxy groups -OCH3 is 1. The molecule has 1 aromatic heterocycles. The summed E-state index contributed by atoms with van der Waals surface area (Å²) in [5.41, 5.74) is 2.81. The predicted octanol–water partition coefficient (Wildman–Crippen LogP) is 5.26. The maximum absolute atomic E-state index is 13.5. The molecule has 1 fully saturated rings. The summed E-state index contributed by atoms with van der Waals surface area (Å²) in [6.07, 6.45) is 0.868. The molecule has 1 amide bonds. The number of benzene rings is 3. The van der Waals surface area contributed by atoms with Crippen LogP contribution in [-0.4, -0.2) is 42.1 Å². The van der Waals surface area contributed by atoms with Crippen LogP contribution in [0.5, 0.6) is 17.2 Å². The lowest BCUT2D eigenvalue weighted by Crippen LogP contribution is -2.29. The van der Waals surface area contributed by atoms with Crippen LogP contribution in [0, 0.1) is 0 Å². The van der Waals surface area contributed by atoms with Gasteiger partial charge in [0.2, 0.25) is 0 Å². The van der Waals surface area contributed by atoms with E-state index in [9.17, 15) is 14.7 Å². The molecule has 1 saturated heterocycles. The summed E-state index contributed by atoms with van der Waals surface area (Å²) >= 11 is 1.34. The van der Waals surface area contributed by atoms with Crippen molar-refractivity contribution in [3.8, 4) is 17.2 Å². The van der Waals surface area contributed by atoms with E-state index in [-0.39, 0.29) is 11.3 Å². The van der Waals surface area contributed by atoms with Crippen molar-refractivity contribution in [1.29, 1.82) is 0 Å². The van der Waals surface area contributed by atoms with E-state index >= 15 is 0 Å². The molecule has 38 heavy (non-hydrogen) atoms. The lowest BCUT2D eigenvalue weighted by molar-refractivity contribution is -0.132. The molecule has 0 aliphatic carbocycles. The van der Waals surface area contributed by atoms with E-state index in [2.05, 4.69) is 6.92 Å². The number of Topliss-reactive ketones (excluding diaryl/α,β-unsaturated/α-hetero) is 1. The Balaban J connectivity index is 1.54. The molecule has 6 rings (SSSR count). The lowest BCUT2D eigenvalue weighted by atomic mass is 9.95. The number of anilines is 1. The second-order valence-electron chi connectivity index (χ2n) is 8.96. The predicted molar refractivity (Wildman–Crippen MR) is 144 cm³/mol. The van der Waals surface area contributed by atoms with Crippen molar-refractivity contribution in [3.63, 3.8) is 0 Å². The van der Waals surface area contributed by atoms with Crippen LogP contribution in [0.15, 0.2) is 66.2 Å². The summed E-state index contributed by atoms with van der Waals surface area (Å²) in [6.45, 7) is 2.88. The number of hydrogen-bond acceptors (Lipinski definition) is 8. The van der Waals surface area contributed by atoms with Gasteiger partial charge in [-0.05, 0) is 60.0 Å². The van der Waals surface area contributed by atoms with Gasteiger partial charge in [-0.3, -0.25) is 14.5 Å². The lowest BCUT2D eigenvalue weighted by Gasteiger charge is -2.23. The topological polar surface area (TPSA) is 98.2 Å². The van der Waals surface area contributed by atoms with Gasteiger partial charge in [0, 0.05) is 5.56 Å². The van der Waals surface area contributed by atoms with Crippen molar-refractivity contribution < 1.29 is 28.9 Å². The molecule has 8 nitrogen and oxygen atoms in total. The van der Waals surface area contributed by atoms with Crippen LogP contribution in [0.1, 0.15) is 29.7 Å². The molecule has 0 radical (unpaired) electrons. The van der Waals surface area contributed by atoms with Crippen molar-refractivity contribution in [2.24, 2.45) is 0 Å². The number of aliphatic hydroxyl groups is 1. The van der Waals surface area contributed by atoms with E-state index in [4.69, 9.17) is 19.2 Å². The minimum absolute atomic E-state index is 0.0339. The molecule has 4 aromatic rings. The highest BCUT2D eigenvalue weighted by Crippen LogP contribution is 2.45. The number of hydrogen-bond donors (Lipinski definition) is 1. The number of aliphatic hydroxyl groups excluding tert-OH is 1. The molecule has 0 saturated carbocycles. The Hall–Kier alpha value is -4.37. The van der Waals surface area contributed by atoms with Gasteiger partial charge in [0.15, 0.2) is 16.6 Å². The Bertz CT molecular complexity index is 1620. The Morgan fingerprint density at radius 2 is 1.89 bits per heavy atom. The number of rotatable bonds is 5. The second kappa shape index (κ2) is 9.50. The molecular formula is C29H24N2O6S. The third kappa shape index (κ3) is 3.95. The first-order valence-corrected chi connectivity index (χ1v) is 13.0. The molecule has 0 bridgehead atoms. The standard InChI is InChI=1S/C29H24N2O6S/c1-3-16-7-9-20-23(13-16)38-29(30-20)31-25(17-5-4-6-19(14-17)35-2)24(27(33)28(31)34)26(32)18-8-10-21-22(15-18)37-12-11-36-21/h4-10,13-15,25,32H,3,11-12H2,1-2H3/b26-24+. The van der Waals surface area contributed by atoms with Crippen LogP contribution in [0.3, 0.4) is 0 Å². The molecule has 9 heteroatoms. The van der Waals surface area contributed by atoms with E-state index in [1.807, 2.05) is 18.2 Å². The number of aryl methyl sites for hydroxylation is 1. The van der Waals surface area contributed by atoms with Crippen LogP contribution < -0.4 is 19.1 Å². The number of ketones is 1. The number of ether oxygens (including phenoxy) is 3. The van der Waals surface area contributed by atoms with Crippen molar-refractivity contribution >= 4 is 44.1 Å². The first-order valence-electron chi connectivity index (χ1n) is 12.2. The SMILES string of the molecule is CCc1ccc2nc(N3C(=O)C(=O)/C(=C(/O)c4ccc5c(c4)OCCO5)C3c3cccc(OC)c3)sc2c1. The first kappa shape index (κ1) is 24.0. The zero-order valence-electron chi connectivity index (χ0n) is 20.8. The van der Waals surface area contributed by atoms with Crippen molar-refractivity contribution in [2.45, 2.75) is 19.4 Å². The molecule has 1 atom stereocenters. The summed E-state index contributed by atoms with van der Waals surface area (Å²) in [5.74, 6) is -0.274. The average molecular weight is 529 g/mol. The van der Waals surface area contributed by atoms with Gasteiger partial charge in [-0.25, -0.2) is 4.98 Å². The monoisotopic (exact) mass is 528 g/mol. The van der Waals surface area contributed by atoms with Crippen molar-refractivity contribution in [2.75, 3.05) is 25.2 Å². The molecule has 3 heterocycles. The van der Waals surface area contributed by atoms with Crippen LogP contribution in [0.25, 0.3) is 16.0 Å². The number of thiazole rings is 1. The third-order valence-corrected chi connectivity index (χ3v) is 7.74. The van der Waals surface area contributed by atoms with E-state index in [0.29, 0.717) is 46.7 Å². The molecule has 3 aromatic carbocycles. The third-order valence-electron chi connectivity index (χ3n) is 6.73. The highest BCUT2D eigenvalue weighted by molar-refractivity contribution is 7.22. The molecule has 2 aliphatic rings. The van der Waals surface area contributed by atoms with E-state index in [0.717, 1.165) is 22.2 Å². The fraction of sp³-hybridized carbons (Fsp3) is 0.207. The number of fused-ring (bicyclic) bond motifs is 2. The van der Waals surface area contributed by atoms with Gasteiger partial charge in [0.25, 0.3) is 5.78 Å². The Morgan fingerprint density at radius 1 is 1.08 bits per heavy atom. The number of carbonyl (C=O) groups is 2. The number of amides is 1. The maximum atomic E-state index is 13.5. The Morgan fingerprint density at radius 3 is 2.68 bits per heavy atom. The molecular weight excluding hydrogens is 504 g/mol. The summed E-state index contributed by atoms with van der Waals surface area (Å²) in [6, 6.07) is 17.1. The van der Waals surface area contributed by atoms with Gasteiger partial charge >= 0.3 is 5.91 Å². The smallest absolute Gasteiger partial charge is 0.301 e. The maximum Gasteiger partial charge on any atom is 0.301 e. The van der Waals surface area contributed by atoms with E-state index in [1.54, 1.807) is 49.6 Å². The van der Waals surface area contributed by atoms with Crippen LogP contribution in [0.2, 0.25) is 0 Å². The van der Waals surface area contributed by atoms with Gasteiger partial charge in [-0.2, -0.15) is 0 Å². The zero-order chi connectivity index (χ0) is 26.4. The average Bonchev–Trinajstić information content (AvgIpc) is 3.49. The van der Waals surface area contributed by atoms with Crippen LogP contribution in [-0.2, 0) is 16.0 Å². The minimum Gasteiger partial charge on any atom is -0.507 e. The second-order valence-corrected chi connectivity index (χ2v) is 9.97. The van der Waals surface area contributed by atoms with Gasteiger partial charge in [-0.15, -0.1) is 0 Å². The van der Waals surface area contributed by atoms with Gasteiger partial charge < -0.3 is 19.3 Å². The Kier molecular flexibility index (Phi) is 6.00. The van der Waals surface area contributed by atoms with Crippen LogP contribution >= 0.6 is 11.3 Å². The molecule has 0 spiro atoms. The summed E-state index contributed by atoms with van der Waals surface area (Å²) in [5, 5.41) is 11.9. The molecule has 1 unspecified atom stereocenters. The number of carbonyl (C=O) groups excluding carboxylic acids is 2. The summed E-state index contributed by atoms with van der Waals surface area (Å²) in [4.78, 5) is 33.1. The highest BCUT2D eigenvalue weighted by atomic mass is 32.1. The first-order chi connectivity index (χ1) is 18.5. The largest absolute Gasteiger partial charge is 0.507 e. The van der Waals surface area contributed by atoms with E-state index < -0.39 is 17.7 Å². The zero-order valence-corrected chi connectivity index (χ0v) is 21.6. The van der Waals surface area contributed by atoms with Gasteiger partial charge in [0.05, 0.1) is 28.9 Å². The van der Waals surface area contributed by atoms with Gasteiger partial charge in [0.1, 0.15) is 24.7 Å². The van der Waals surface area contributed by atoms with Crippen molar-refractivity contribution in [1.82, 2.24) is 4.98 Å². The molecule has 1 N–H and O–H groups in total. The van der Waals surface area contributed by atoms with Gasteiger partial charge in [-0.1, -0.05) is 36.5 Å². The Labute approximate surface area is 222 Å². The highest BCUT2D eigenvalue weighted by Gasteiger charge is 2.48. The normalized spacial score (nSPS) is 18.3. The summed E-state index contributed by atoms with van der Waals surface area (Å²) < 4.78 is 17.6. The van der Waals surface area contributed by atoms with E-state index in [1.165, 1.54) is 16.2 Å². The summed E-state index contributed by atoms with van der Waals surface area (Å²) in [7, 11) is 1.55. The van der Waals surface area contributed by atoms with Crippen LogP contribution in [0.4, 0.5) is 5.13 Å². The fourth-order valence-corrected chi connectivity index (χ4v) is 5.84. The quantitative estimate of drug-likeness (QED) is 0.214. The molecule has 192 valence electrons. The number of nitrogens with zero attached hydrogens (tertiary/aromatic N) is 2. The number of aromatic nitrogens is 1. The fourth-order valence-electron chi connectivity index (χ4n) is 4.78.